The van der Waals surface area contributed by atoms with Crippen LogP contribution in [-0.2, 0) is 6.61 Å². The van der Waals surface area contributed by atoms with Crippen LogP contribution in [0, 0.1) is 19.7 Å². The fourth-order valence-electron chi connectivity index (χ4n) is 3.60. The molecule has 3 aromatic rings. The normalized spacial score (nSPS) is 16.2. The molecular formula is C23H25FN4O3. The van der Waals surface area contributed by atoms with Gasteiger partial charge in [0.05, 0.1) is 6.04 Å². The number of likely N-dealkylation sites (tertiary alicyclic amines) is 1. The molecule has 0 saturated carbocycles. The van der Waals surface area contributed by atoms with E-state index in [2.05, 4.69) is 15.5 Å². The van der Waals surface area contributed by atoms with Crippen molar-refractivity contribution in [2.75, 3.05) is 11.9 Å². The van der Waals surface area contributed by atoms with Gasteiger partial charge in [0, 0.05) is 12.2 Å². The van der Waals surface area contributed by atoms with Crippen LogP contribution in [0.3, 0.4) is 0 Å². The monoisotopic (exact) mass is 424 g/mol. The molecule has 0 spiro atoms. The van der Waals surface area contributed by atoms with Crippen molar-refractivity contribution in [3.8, 4) is 5.75 Å². The lowest BCUT2D eigenvalue weighted by Gasteiger charge is -2.33. The van der Waals surface area contributed by atoms with Gasteiger partial charge in [-0.3, -0.25) is 0 Å². The highest BCUT2D eigenvalue weighted by atomic mass is 19.1. The summed E-state index contributed by atoms with van der Waals surface area (Å²) in [5, 5.41) is 7.07. The molecule has 1 atom stereocenters. The lowest BCUT2D eigenvalue weighted by molar-refractivity contribution is 0.157. The van der Waals surface area contributed by atoms with Gasteiger partial charge in [0.15, 0.2) is 12.4 Å². The molecule has 162 valence electrons. The number of hydrogen-bond donors (Lipinski definition) is 1. The number of nitrogens with one attached hydrogen (secondary N) is 1. The molecule has 4 rings (SSSR count). The van der Waals surface area contributed by atoms with E-state index in [9.17, 15) is 9.18 Å². The van der Waals surface area contributed by atoms with Crippen molar-refractivity contribution in [3.05, 3.63) is 71.1 Å². The first-order chi connectivity index (χ1) is 15.0. The zero-order valence-corrected chi connectivity index (χ0v) is 17.6. The summed E-state index contributed by atoms with van der Waals surface area (Å²) < 4.78 is 23.9. The Hall–Kier alpha value is -3.42. The van der Waals surface area contributed by atoms with E-state index in [1.165, 1.54) is 29.8 Å². The zero-order chi connectivity index (χ0) is 21.8. The number of piperidine rings is 1. The summed E-state index contributed by atoms with van der Waals surface area (Å²) in [4.78, 5) is 19.2. The Balaban J connectivity index is 1.42. The van der Waals surface area contributed by atoms with Gasteiger partial charge in [-0.1, -0.05) is 11.2 Å². The van der Waals surface area contributed by atoms with Gasteiger partial charge in [0.25, 0.3) is 5.89 Å². The van der Waals surface area contributed by atoms with Gasteiger partial charge < -0.3 is 19.5 Å². The van der Waals surface area contributed by atoms with E-state index in [4.69, 9.17) is 9.26 Å². The highest BCUT2D eigenvalue weighted by Crippen LogP contribution is 2.30. The van der Waals surface area contributed by atoms with E-state index >= 15 is 0 Å². The molecule has 1 aliphatic heterocycles. The van der Waals surface area contributed by atoms with Crippen LogP contribution in [0.5, 0.6) is 5.75 Å². The molecule has 0 bridgehead atoms. The maximum absolute atomic E-state index is 13.0. The van der Waals surface area contributed by atoms with Gasteiger partial charge in [-0.05, 0) is 80.6 Å². The van der Waals surface area contributed by atoms with Gasteiger partial charge in [-0.15, -0.1) is 0 Å². The van der Waals surface area contributed by atoms with Crippen molar-refractivity contribution >= 4 is 11.7 Å². The molecule has 1 fully saturated rings. The number of anilines is 1. The molecule has 0 radical (unpaired) electrons. The maximum atomic E-state index is 13.0. The number of carbonyl (C=O) groups is 1. The van der Waals surface area contributed by atoms with Crippen molar-refractivity contribution in [2.24, 2.45) is 0 Å². The van der Waals surface area contributed by atoms with Crippen LogP contribution in [0.2, 0.25) is 0 Å². The van der Waals surface area contributed by atoms with Crippen molar-refractivity contribution in [1.82, 2.24) is 15.0 Å². The molecular weight excluding hydrogens is 399 g/mol. The van der Waals surface area contributed by atoms with Crippen LogP contribution >= 0.6 is 0 Å². The van der Waals surface area contributed by atoms with E-state index in [1.54, 1.807) is 4.90 Å². The van der Waals surface area contributed by atoms with Gasteiger partial charge in [-0.25, -0.2) is 9.18 Å². The van der Waals surface area contributed by atoms with E-state index in [-0.39, 0.29) is 24.5 Å². The van der Waals surface area contributed by atoms with E-state index < -0.39 is 0 Å². The topological polar surface area (TPSA) is 80.5 Å². The Bertz CT molecular complexity index is 1050. The Labute approximate surface area is 180 Å². The number of benzene rings is 2. The SMILES string of the molecule is Cc1ccc(NC(=O)N2CCCCC2c2noc(COc3ccc(F)cc3)n2)cc1C. The molecule has 2 heterocycles. The third-order valence-electron chi connectivity index (χ3n) is 5.48. The summed E-state index contributed by atoms with van der Waals surface area (Å²) in [7, 11) is 0. The Morgan fingerprint density at radius 2 is 2.00 bits per heavy atom. The van der Waals surface area contributed by atoms with Crippen LogP contribution in [0.15, 0.2) is 47.0 Å². The molecule has 0 aliphatic carbocycles. The van der Waals surface area contributed by atoms with Crippen molar-refractivity contribution in [1.29, 1.82) is 0 Å². The minimum absolute atomic E-state index is 0.0696. The molecule has 1 aromatic heterocycles. The number of ether oxygens (including phenoxy) is 1. The van der Waals surface area contributed by atoms with E-state index in [0.29, 0.717) is 24.0 Å². The van der Waals surface area contributed by atoms with Crippen molar-refractivity contribution < 1.29 is 18.4 Å². The number of rotatable bonds is 5. The van der Waals surface area contributed by atoms with Crippen molar-refractivity contribution in [3.63, 3.8) is 0 Å². The number of hydrogen-bond acceptors (Lipinski definition) is 5. The molecule has 1 saturated heterocycles. The molecule has 1 unspecified atom stereocenters. The molecule has 7 nitrogen and oxygen atoms in total. The molecule has 31 heavy (non-hydrogen) atoms. The number of aryl methyl sites for hydroxylation is 2. The van der Waals surface area contributed by atoms with Gasteiger partial charge in [-0.2, -0.15) is 4.98 Å². The minimum Gasteiger partial charge on any atom is -0.484 e. The van der Waals surface area contributed by atoms with E-state index in [0.717, 1.165) is 30.5 Å². The lowest BCUT2D eigenvalue weighted by Crippen LogP contribution is -2.41. The van der Waals surface area contributed by atoms with Crippen LogP contribution in [0.1, 0.15) is 48.1 Å². The van der Waals surface area contributed by atoms with Gasteiger partial charge in [0.2, 0.25) is 0 Å². The molecule has 8 heteroatoms. The first-order valence-electron chi connectivity index (χ1n) is 10.4. The van der Waals surface area contributed by atoms with Crippen LogP contribution < -0.4 is 10.1 Å². The first-order valence-corrected chi connectivity index (χ1v) is 10.4. The Morgan fingerprint density at radius 1 is 1.19 bits per heavy atom. The smallest absolute Gasteiger partial charge is 0.322 e. The maximum Gasteiger partial charge on any atom is 0.322 e. The predicted octanol–water partition coefficient (Wildman–Crippen LogP) is 5.16. The van der Waals surface area contributed by atoms with E-state index in [1.807, 2.05) is 32.0 Å². The summed E-state index contributed by atoms with van der Waals surface area (Å²) in [6, 6.07) is 11.1. The molecule has 2 aromatic carbocycles. The first kappa shape index (κ1) is 20.8. The fraction of sp³-hybridized carbons (Fsp3) is 0.348. The number of nitrogens with zero attached hydrogens (tertiary/aromatic N) is 3. The second kappa shape index (κ2) is 9.16. The second-order valence-corrected chi connectivity index (χ2v) is 7.72. The van der Waals surface area contributed by atoms with Crippen LogP contribution in [0.25, 0.3) is 0 Å². The minimum atomic E-state index is -0.330. The molecule has 1 N–H and O–H groups in total. The molecule has 2 amide bonds. The van der Waals surface area contributed by atoms with Gasteiger partial charge >= 0.3 is 6.03 Å². The predicted molar refractivity (Wildman–Crippen MR) is 113 cm³/mol. The van der Waals surface area contributed by atoms with Crippen molar-refractivity contribution in [2.45, 2.75) is 45.8 Å². The highest BCUT2D eigenvalue weighted by molar-refractivity contribution is 5.89. The number of aromatic nitrogens is 2. The largest absolute Gasteiger partial charge is 0.484 e. The number of amides is 2. The Morgan fingerprint density at radius 3 is 2.77 bits per heavy atom. The summed E-state index contributed by atoms with van der Waals surface area (Å²) >= 11 is 0. The van der Waals surface area contributed by atoms with Crippen LogP contribution in [0.4, 0.5) is 14.9 Å². The average Bonchev–Trinajstić information content (AvgIpc) is 3.25. The van der Waals surface area contributed by atoms with Crippen LogP contribution in [-0.4, -0.2) is 27.6 Å². The quantitative estimate of drug-likeness (QED) is 0.612. The zero-order valence-electron chi connectivity index (χ0n) is 17.6. The summed E-state index contributed by atoms with van der Waals surface area (Å²) in [6.07, 6.45) is 2.67. The Kier molecular flexibility index (Phi) is 6.16. The lowest BCUT2D eigenvalue weighted by atomic mass is 10.0. The molecule has 1 aliphatic rings. The number of halogens is 1. The highest BCUT2D eigenvalue weighted by Gasteiger charge is 2.31. The third kappa shape index (κ3) is 5.02. The third-order valence-corrected chi connectivity index (χ3v) is 5.48. The summed E-state index contributed by atoms with van der Waals surface area (Å²) in [5.41, 5.74) is 3.06. The van der Waals surface area contributed by atoms with Gasteiger partial charge in [0.1, 0.15) is 11.6 Å². The average molecular weight is 424 g/mol. The summed E-state index contributed by atoms with van der Waals surface area (Å²) in [5.74, 6) is 0.948. The fourth-order valence-corrected chi connectivity index (χ4v) is 3.60. The standard InChI is InChI=1S/C23H25FN4O3/c1-15-6-9-18(13-16(15)2)25-23(29)28-12-4-3-5-20(28)22-26-21(31-27-22)14-30-19-10-7-17(24)8-11-19/h6-11,13,20H,3-5,12,14H2,1-2H3,(H,25,29). The second-order valence-electron chi connectivity index (χ2n) is 7.72. The summed E-state index contributed by atoms with van der Waals surface area (Å²) in [6.45, 7) is 4.75. The number of urea groups is 1. The number of carbonyl (C=O) groups excluding carboxylic acids is 1.